The second-order valence-electron chi connectivity index (χ2n) is 4.80. The first-order chi connectivity index (χ1) is 7.29. The molecule has 2 heteroatoms. The average molecular weight is 211 g/mol. The Morgan fingerprint density at radius 2 is 1.80 bits per heavy atom. The van der Waals surface area contributed by atoms with Crippen molar-refractivity contribution in [3.63, 3.8) is 0 Å². The van der Waals surface area contributed by atoms with E-state index in [2.05, 4.69) is 5.32 Å². The van der Waals surface area contributed by atoms with Crippen LogP contribution in [0.2, 0.25) is 0 Å². The summed E-state index contributed by atoms with van der Waals surface area (Å²) in [6.45, 7) is 2.85. The van der Waals surface area contributed by atoms with Crippen LogP contribution in [0.15, 0.2) is 0 Å². The van der Waals surface area contributed by atoms with Crippen molar-refractivity contribution in [2.24, 2.45) is 0 Å². The molecule has 1 rings (SSSR count). The van der Waals surface area contributed by atoms with E-state index in [-0.39, 0.29) is 0 Å². The molecule has 0 amide bonds. The fraction of sp³-hybridized carbons (Fsp3) is 0.923. The molecule has 1 fully saturated rings. The molecule has 88 valence electrons. The molecule has 0 unspecified atom stereocenters. The maximum Gasteiger partial charge on any atom is 0.129 e. The number of unbranched alkanes of at least 4 members (excludes halogenated alkanes) is 3. The zero-order valence-electron chi connectivity index (χ0n) is 10.1. The summed E-state index contributed by atoms with van der Waals surface area (Å²) < 4.78 is 0. The van der Waals surface area contributed by atoms with Gasteiger partial charge in [0, 0.05) is 12.5 Å². The van der Waals surface area contributed by atoms with Gasteiger partial charge >= 0.3 is 0 Å². The Balaban J connectivity index is 1.78. The third-order valence-corrected chi connectivity index (χ3v) is 3.24. The monoisotopic (exact) mass is 211 g/mol. The molecule has 0 spiro atoms. The molecular weight excluding hydrogens is 186 g/mol. The lowest BCUT2D eigenvalue weighted by atomic mass is 10.1. The Labute approximate surface area is 93.8 Å². The average Bonchev–Trinajstić information content (AvgIpc) is 2.68. The standard InChI is InChI=1S/C13H25NO/c1-12(15)8-4-2-3-7-11-14-13-9-5-6-10-13/h13-14H,2-11H2,1H3. The highest BCUT2D eigenvalue weighted by Gasteiger charge is 2.12. The van der Waals surface area contributed by atoms with Crippen LogP contribution in [0.25, 0.3) is 0 Å². The largest absolute Gasteiger partial charge is 0.314 e. The maximum atomic E-state index is 10.7. The van der Waals surface area contributed by atoms with Crippen LogP contribution in [-0.4, -0.2) is 18.4 Å². The molecule has 0 aromatic heterocycles. The summed E-state index contributed by atoms with van der Waals surface area (Å²) in [6.07, 6.45) is 11.2. The van der Waals surface area contributed by atoms with Gasteiger partial charge in [-0.15, -0.1) is 0 Å². The molecule has 1 N–H and O–H groups in total. The van der Waals surface area contributed by atoms with Gasteiger partial charge in [-0.2, -0.15) is 0 Å². The van der Waals surface area contributed by atoms with E-state index in [1.165, 1.54) is 51.5 Å². The highest BCUT2D eigenvalue weighted by molar-refractivity contribution is 5.75. The van der Waals surface area contributed by atoms with Crippen LogP contribution in [0.5, 0.6) is 0 Å². The van der Waals surface area contributed by atoms with Gasteiger partial charge in [0.25, 0.3) is 0 Å². The molecule has 2 nitrogen and oxygen atoms in total. The Kier molecular flexibility index (Phi) is 6.66. The number of ketones is 1. The molecule has 0 bridgehead atoms. The van der Waals surface area contributed by atoms with Crippen molar-refractivity contribution >= 4 is 5.78 Å². The molecule has 1 aliphatic carbocycles. The fourth-order valence-electron chi connectivity index (χ4n) is 2.29. The van der Waals surface area contributed by atoms with Crippen LogP contribution < -0.4 is 5.32 Å². The van der Waals surface area contributed by atoms with Gasteiger partial charge in [-0.3, -0.25) is 0 Å². The van der Waals surface area contributed by atoms with Crippen molar-refractivity contribution in [2.75, 3.05) is 6.54 Å². The summed E-state index contributed by atoms with van der Waals surface area (Å²) in [5, 5.41) is 3.61. The lowest BCUT2D eigenvalue weighted by molar-refractivity contribution is -0.117. The van der Waals surface area contributed by atoms with Crippen LogP contribution in [0.1, 0.15) is 64.7 Å². The van der Waals surface area contributed by atoms with Crippen LogP contribution >= 0.6 is 0 Å². The Morgan fingerprint density at radius 3 is 2.47 bits per heavy atom. The molecule has 0 atom stereocenters. The van der Waals surface area contributed by atoms with Crippen LogP contribution in [-0.2, 0) is 4.79 Å². The van der Waals surface area contributed by atoms with Crippen molar-refractivity contribution in [2.45, 2.75) is 70.8 Å². The van der Waals surface area contributed by atoms with E-state index in [0.717, 1.165) is 18.9 Å². The minimum atomic E-state index is 0.332. The van der Waals surface area contributed by atoms with Gasteiger partial charge in [0.2, 0.25) is 0 Å². The van der Waals surface area contributed by atoms with Crippen molar-refractivity contribution in [1.29, 1.82) is 0 Å². The first kappa shape index (κ1) is 12.7. The molecule has 15 heavy (non-hydrogen) atoms. The number of hydrogen-bond donors (Lipinski definition) is 1. The highest BCUT2D eigenvalue weighted by Crippen LogP contribution is 2.17. The van der Waals surface area contributed by atoms with E-state index in [0.29, 0.717) is 5.78 Å². The Bertz CT molecular complexity index is 173. The molecule has 0 heterocycles. The summed E-state index contributed by atoms with van der Waals surface area (Å²) in [5.74, 6) is 0.332. The smallest absolute Gasteiger partial charge is 0.129 e. The van der Waals surface area contributed by atoms with Crippen molar-refractivity contribution < 1.29 is 4.79 Å². The van der Waals surface area contributed by atoms with E-state index in [4.69, 9.17) is 0 Å². The summed E-state index contributed by atoms with van der Waals surface area (Å²) in [5.41, 5.74) is 0. The fourth-order valence-corrected chi connectivity index (χ4v) is 2.29. The van der Waals surface area contributed by atoms with Crippen LogP contribution in [0.3, 0.4) is 0 Å². The number of Topliss-reactive ketones (excluding diaryl/α,β-unsaturated/α-hetero) is 1. The topological polar surface area (TPSA) is 29.1 Å². The lowest BCUT2D eigenvalue weighted by Crippen LogP contribution is -2.26. The van der Waals surface area contributed by atoms with Gasteiger partial charge in [-0.05, 0) is 39.2 Å². The minimum absolute atomic E-state index is 0.332. The van der Waals surface area contributed by atoms with Crippen molar-refractivity contribution in [1.82, 2.24) is 5.32 Å². The number of nitrogens with one attached hydrogen (secondary N) is 1. The van der Waals surface area contributed by atoms with Crippen LogP contribution in [0, 0.1) is 0 Å². The van der Waals surface area contributed by atoms with E-state index in [1.54, 1.807) is 6.92 Å². The zero-order valence-corrected chi connectivity index (χ0v) is 10.1. The summed E-state index contributed by atoms with van der Waals surface area (Å²) >= 11 is 0. The first-order valence-corrected chi connectivity index (χ1v) is 6.52. The summed E-state index contributed by atoms with van der Waals surface area (Å²) in [7, 11) is 0. The number of carbonyl (C=O) groups is 1. The highest BCUT2D eigenvalue weighted by atomic mass is 16.1. The molecule has 0 saturated heterocycles. The van der Waals surface area contributed by atoms with E-state index < -0.39 is 0 Å². The number of carbonyl (C=O) groups excluding carboxylic acids is 1. The third kappa shape index (κ3) is 6.67. The Hall–Kier alpha value is -0.370. The summed E-state index contributed by atoms with van der Waals surface area (Å²) in [4.78, 5) is 10.7. The van der Waals surface area contributed by atoms with Gasteiger partial charge in [0.15, 0.2) is 0 Å². The summed E-state index contributed by atoms with van der Waals surface area (Å²) in [6, 6.07) is 0.808. The quantitative estimate of drug-likeness (QED) is 0.625. The molecule has 0 aromatic rings. The molecule has 0 aromatic carbocycles. The predicted octanol–water partition coefficient (Wildman–Crippen LogP) is 3.06. The normalized spacial score (nSPS) is 17.1. The van der Waals surface area contributed by atoms with E-state index in [1.807, 2.05) is 0 Å². The van der Waals surface area contributed by atoms with Crippen molar-refractivity contribution in [3.05, 3.63) is 0 Å². The van der Waals surface area contributed by atoms with Gasteiger partial charge in [-0.25, -0.2) is 0 Å². The van der Waals surface area contributed by atoms with Crippen molar-refractivity contribution in [3.8, 4) is 0 Å². The van der Waals surface area contributed by atoms with E-state index >= 15 is 0 Å². The SMILES string of the molecule is CC(=O)CCCCCCNC1CCCC1. The van der Waals surface area contributed by atoms with Crippen LogP contribution in [0.4, 0.5) is 0 Å². The van der Waals surface area contributed by atoms with Gasteiger partial charge < -0.3 is 10.1 Å². The minimum Gasteiger partial charge on any atom is -0.314 e. The second kappa shape index (κ2) is 7.86. The number of hydrogen-bond acceptors (Lipinski definition) is 2. The molecular formula is C13H25NO. The number of rotatable bonds is 8. The van der Waals surface area contributed by atoms with E-state index in [9.17, 15) is 4.79 Å². The lowest BCUT2D eigenvalue weighted by Gasteiger charge is -2.10. The molecule has 0 aliphatic heterocycles. The molecule has 0 radical (unpaired) electrons. The maximum absolute atomic E-state index is 10.7. The molecule has 1 saturated carbocycles. The Morgan fingerprint density at radius 1 is 1.13 bits per heavy atom. The third-order valence-electron chi connectivity index (χ3n) is 3.24. The predicted molar refractivity (Wildman–Crippen MR) is 64.0 cm³/mol. The second-order valence-corrected chi connectivity index (χ2v) is 4.80. The molecule has 1 aliphatic rings. The zero-order chi connectivity index (χ0) is 10.9. The van der Waals surface area contributed by atoms with Gasteiger partial charge in [-0.1, -0.05) is 25.7 Å². The first-order valence-electron chi connectivity index (χ1n) is 6.52. The van der Waals surface area contributed by atoms with Gasteiger partial charge in [0.1, 0.15) is 5.78 Å². The van der Waals surface area contributed by atoms with Gasteiger partial charge in [0.05, 0.1) is 0 Å².